The molecule has 0 bridgehead atoms. The molecule has 9 heteroatoms. The van der Waals surface area contributed by atoms with Crippen molar-refractivity contribution in [3.8, 4) is 0 Å². The molecular formula is C20H24N4O5. The second-order valence-corrected chi connectivity index (χ2v) is 7.18. The van der Waals surface area contributed by atoms with Gasteiger partial charge in [0.05, 0.1) is 11.1 Å². The number of carbonyl (C=O) groups is 5. The van der Waals surface area contributed by atoms with E-state index in [1.54, 1.807) is 18.2 Å². The minimum atomic E-state index is -0.958. The van der Waals surface area contributed by atoms with Crippen LogP contribution in [0.5, 0.6) is 0 Å². The van der Waals surface area contributed by atoms with E-state index in [0.29, 0.717) is 13.1 Å². The molecule has 1 atom stereocenters. The molecule has 2 heterocycles. The lowest BCUT2D eigenvalue weighted by atomic mass is 10.0. The van der Waals surface area contributed by atoms with Crippen LogP contribution in [-0.4, -0.2) is 53.6 Å². The summed E-state index contributed by atoms with van der Waals surface area (Å²) in [5, 5.41) is 8.15. The lowest BCUT2D eigenvalue weighted by molar-refractivity contribution is -0.136. The molecule has 1 aromatic carbocycles. The molecule has 3 rings (SSSR count). The Hall–Kier alpha value is -3.23. The molecule has 29 heavy (non-hydrogen) atoms. The number of nitrogens with zero attached hydrogens (tertiary/aromatic N) is 1. The zero-order chi connectivity index (χ0) is 21.0. The molecular weight excluding hydrogens is 376 g/mol. The number of fused-ring (bicyclic) bond motifs is 1. The van der Waals surface area contributed by atoms with Gasteiger partial charge in [0.25, 0.3) is 11.8 Å². The molecule has 1 fully saturated rings. The zero-order valence-electron chi connectivity index (χ0n) is 16.2. The van der Waals surface area contributed by atoms with Crippen LogP contribution in [0.3, 0.4) is 0 Å². The van der Waals surface area contributed by atoms with E-state index in [1.165, 1.54) is 6.92 Å². The van der Waals surface area contributed by atoms with Crippen LogP contribution in [0.15, 0.2) is 18.2 Å². The van der Waals surface area contributed by atoms with E-state index in [4.69, 9.17) is 0 Å². The van der Waals surface area contributed by atoms with Crippen molar-refractivity contribution in [2.45, 2.75) is 45.1 Å². The first-order chi connectivity index (χ1) is 13.9. The fourth-order valence-electron chi connectivity index (χ4n) is 3.50. The Morgan fingerprint density at radius 3 is 2.52 bits per heavy atom. The van der Waals surface area contributed by atoms with Gasteiger partial charge in [-0.05, 0) is 43.9 Å². The van der Waals surface area contributed by atoms with E-state index in [2.05, 4.69) is 16.0 Å². The maximum absolute atomic E-state index is 12.8. The largest absolute Gasteiger partial charge is 0.385 e. The highest BCUT2D eigenvalue weighted by Crippen LogP contribution is 2.29. The maximum Gasteiger partial charge on any atom is 0.262 e. The van der Waals surface area contributed by atoms with Gasteiger partial charge in [-0.25, -0.2) is 0 Å². The van der Waals surface area contributed by atoms with Crippen LogP contribution in [0.4, 0.5) is 5.69 Å². The Morgan fingerprint density at radius 2 is 1.79 bits per heavy atom. The zero-order valence-corrected chi connectivity index (χ0v) is 16.2. The summed E-state index contributed by atoms with van der Waals surface area (Å²) in [5.41, 5.74) is 1.24. The number of benzene rings is 1. The summed E-state index contributed by atoms with van der Waals surface area (Å²) in [6, 6.07) is 3.98. The summed E-state index contributed by atoms with van der Waals surface area (Å²) in [7, 11) is 0. The normalized spacial score (nSPS) is 18.5. The smallest absolute Gasteiger partial charge is 0.262 e. The van der Waals surface area contributed by atoms with Crippen molar-refractivity contribution in [2.75, 3.05) is 18.4 Å². The van der Waals surface area contributed by atoms with Crippen LogP contribution in [0, 0.1) is 0 Å². The quantitative estimate of drug-likeness (QED) is 0.438. The van der Waals surface area contributed by atoms with E-state index in [9.17, 15) is 24.0 Å². The number of carbonyl (C=O) groups excluding carboxylic acids is 5. The number of piperidine rings is 1. The summed E-state index contributed by atoms with van der Waals surface area (Å²) >= 11 is 0. The van der Waals surface area contributed by atoms with E-state index >= 15 is 0 Å². The van der Waals surface area contributed by atoms with Crippen LogP contribution >= 0.6 is 0 Å². The van der Waals surface area contributed by atoms with Gasteiger partial charge in [-0.3, -0.25) is 34.2 Å². The third-order valence-corrected chi connectivity index (χ3v) is 5.00. The Balaban J connectivity index is 1.57. The summed E-state index contributed by atoms with van der Waals surface area (Å²) in [4.78, 5) is 60.6. The molecule has 0 spiro atoms. The van der Waals surface area contributed by atoms with Crippen LogP contribution in [-0.2, 0) is 14.4 Å². The Morgan fingerprint density at radius 1 is 1.07 bits per heavy atom. The van der Waals surface area contributed by atoms with Gasteiger partial charge < -0.3 is 10.6 Å². The van der Waals surface area contributed by atoms with Gasteiger partial charge in [0.1, 0.15) is 6.04 Å². The molecule has 3 N–H and O–H groups in total. The minimum Gasteiger partial charge on any atom is -0.385 e. The molecule has 2 aliphatic rings. The monoisotopic (exact) mass is 400 g/mol. The highest BCUT2D eigenvalue weighted by molar-refractivity contribution is 6.23. The van der Waals surface area contributed by atoms with Crippen molar-refractivity contribution in [3.63, 3.8) is 0 Å². The average Bonchev–Trinajstić information content (AvgIpc) is 2.91. The number of nitrogens with one attached hydrogen (secondary N) is 3. The summed E-state index contributed by atoms with van der Waals surface area (Å²) < 4.78 is 0. The molecule has 0 aromatic heterocycles. The van der Waals surface area contributed by atoms with Gasteiger partial charge >= 0.3 is 0 Å². The Kier molecular flexibility index (Phi) is 6.26. The van der Waals surface area contributed by atoms with Gasteiger partial charge in [0.2, 0.25) is 17.7 Å². The third-order valence-electron chi connectivity index (χ3n) is 5.00. The molecule has 1 saturated heterocycles. The Bertz CT molecular complexity index is 866. The highest BCUT2D eigenvalue weighted by atomic mass is 16.2. The molecule has 5 amide bonds. The molecule has 1 aromatic rings. The van der Waals surface area contributed by atoms with E-state index < -0.39 is 29.7 Å². The summed E-state index contributed by atoms with van der Waals surface area (Å²) in [5.74, 6) is -2.07. The van der Waals surface area contributed by atoms with E-state index in [0.717, 1.165) is 29.8 Å². The number of hydrogen-bond donors (Lipinski definition) is 3. The average molecular weight is 400 g/mol. The number of rotatable bonds is 8. The van der Waals surface area contributed by atoms with Crippen LogP contribution in [0.25, 0.3) is 0 Å². The first kappa shape index (κ1) is 20.5. The lowest BCUT2D eigenvalue weighted by Crippen LogP contribution is -2.54. The molecule has 1 unspecified atom stereocenters. The van der Waals surface area contributed by atoms with Crippen molar-refractivity contribution >= 4 is 35.2 Å². The van der Waals surface area contributed by atoms with Crippen molar-refractivity contribution in [3.05, 3.63) is 29.3 Å². The van der Waals surface area contributed by atoms with Crippen LogP contribution < -0.4 is 16.0 Å². The Labute approximate surface area is 168 Å². The SMILES string of the molecule is CC(=O)NCCCCCNc1ccc2c(c1)C(=O)N(C1CCC(=O)NC1=O)C2=O. The molecule has 0 aliphatic carbocycles. The van der Waals surface area contributed by atoms with Gasteiger partial charge in [-0.1, -0.05) is 0 Å². The number of amides is 5. The number of unbranched alkanes of at least 4 members (excludes halogenated alkanes) is 2. The van der Waals surface area contributed by atoms with Crippen LogP contribution in [0.2, 0.25) is 0 Å². The molecule has 154 valence electrons. The molecule has 0 saturated carbocycles. The van der Waals surface area contributed by atoms with Crippen molar-refractivity contribution < 1.29 is 24.0 Å². The first-order valence-corrected chi connectivity index (χ1v) is 9.72. The highest BCUT2D eigenvalue weighted by Gasteiger charge is 2.44. The van der Waals surface area contributed by atoms with E-state index in [-0.39, 0.29) is 29.9 Å². The second kappa shape index (κ2) is 8.85. The predicted molar refractivity (Wildman–Crippen MR) is 104 cm³/mol. The van der Waals surface area contributed by atoms with Crippen molar-refractivity contribution in [1.29, 1.82) is 0 Å². The fraction of sp³-hybridized carbons (Fsp3) is 0.450. The minimum absolute atomic E-state index is 0.0353. The lowest BCUT2D eigenvalue weighted by Gasteiger charge is -2.27. The van der Waals surface area contributed by atoms with Crippen LogP contribution in [0.1, 0.15) is 59.7 Å². The summed E-state index contributed by atoms with van der Waals surface area (Å²) in [6.45, 7) is 2.83. The number of imide groups is 2. The van der Waals surface area contributed by atoms with Gasteiger partial charge in [-0.2, -0.15) is 0 Å². The molecule has 0 radical (unpaired) electrons. The number of hydrogen-bond acceptors (Lipinski definition) is 6. The van der Waals surface area contributed by atoms with E-state index in [1.807, 2.05) is 0 Å². The number of anilines is 1. The first-order valence-electron chi connectivity index (χ1n) is 9.72. The molecule has 2 aliphatic heterocycles. The maximum atomic E-state index is 12.8. The predicted octanol–water partition coefficient (Wildman–Crippen LogP) is 0.806. The van der Waals surface area contributed by atoms with Gasteiger partial charge in [0.15, 0.2) is 0 Å². The third kappa shape index (κ3) is 4.61. The van der Waals surface area contributed by atoms with Gasteiger partial charge in [0, 0.05) is 32.1 Å². The van der Waals surface area contributed by atoms with Gasteiger partial charge in [-0.15, -0.1) is 0 Å². The van der Waals surface area contributed by atoms with Crippen molar-refractivity contribution in [2.24, 2.45) is 0 Å². The van der Waals surface area contributed by atoms with Crippen molar-refractivity contribution in [1.82, 2.24) is 15.5 Å². The summed E-state index contributed by atoms with van der Waals surface area (Å²) in [6.07, 6.45) is 2.96. The second-order valence-electron chi connectivity index (χ2n) is 7.18. The molecule has 9 nitrogen and oxygen atoms in total. The fourth-order valence-corrected chi connectivity index (χ4v) is 3.50. The standard InChI is InChI=1S/C20H24N4O5/c1-12(25)21-9-3-2-4-10-22-13-5-6-14-15(11-13)20(29)24(19(14)28)16-7-8-17(26)23-18(16)27/h5-6,11,16,22H,2-4,7-10H2,1H3,(H,21,25)(H,23,26,27). The topological polar surface area (TPSA) is 125 Å².